The summed E-state index contributed by atoms with van der Waals surface area (Å²) in [6.45, 7) is 9.42. The maximum atomic E-state index is 13.0. The molecule has 26 heavy (non-hydrogen) atoms. The lowest BCUT2D eigenvalue weighted by Crippen LogP contribution is -2.40. The standard InChI is InChI=1S/C20H28N4O2/c1-13(2)24-18(21-22(5)20(24)26)17-7-6-10-23(12-17)19(25)16-9-8-14(3)15(4)11-16/h8-9,11,13,17H,6-7,10,12H2,1-5H3. The second kappa shape index (κ2) is 7.09. The minimum absolute atomic E-state index is 0.0528. The maximum absolute atomic E-state index is 13.0. The van der Waals surface area contributed by atoms with Gasteiger partial charge in [-0.25, -0.2) is 9.48 Å². The molecule has 2 aromatic rings. The van der Waals surface area contributed by atoms with Crippen molar-refractivity contribution in [1.29, 1.82) is 0 Å². The van der Waals surface area contributed by atoms with Gasteiger partial charge in [-0.05, 0) is 63.8 Å². The summed E-state index contributed by atoms with van der Waals surface area (Å²) < 4.78 is 3.16. The van der Waals surface area contributed by atoms with Crippen LogP contribution in [0.4, 0.5) is 0 Å². The minimum Gasteiger partial charge on any atom is -0.338 e. The van der Waals surface area contributed by atoms with Crippen LogP contribution >= 0.6 is 0 Å². The van der Waals surface area contributed by atoms with Crippen molar-refractivity contribution in [3.8, 4) is 0 Å². The topological polar surface area (TPSA) is 60.1 Å². The fourth-order valence-electron chi connectivity index (χ4n) is 3.69. The Labute approximate surface area is 154 Å². The van der Waals surface area contributed by atoms with Crippen LogP contribution in [-0.4, -0.2) is 38.2 Å². The van der Waals surface area contributed by atoms with Gasteiger partial charge in [-0.3, -0.25) is 9.36 Å². The Morgan fingerprint density at radius 1 is 1.23 bits per heavy atom. The first-order valence-electron chi connectivity index (χ1n) is 9.31. The molecule has 1 unspecified atom stereocenters. The normalized spacial score (nSPS) is 17.8. The molecule has 6 heteroatoms. The summed E-state index contributed by atoms with van der Waals surface area (Å²) in [5, 5.41) is 4.48. The smallest absolute Gasteiger partial charge is 0.338 e. The van der Waals surface area contributed by atoms with Gasteiger partial charge >= 0.3 is 5.69 Å². The molecule has 1 saturated heterocycles. The molecule has 2 heterocycles. The van der Waals surface area contributed by atoms with Crippen molar-refractivity contribution < 1.29 is 4.79 Å². The van der Waals surface area contributed by atoms with E-state index in [1.54, 1.807) is 11.6 Å². The lowest BCUT2D eigenvalue weighted by atomic mass is 9.96. The van der Waals surface area contributed by atoms with Crippen molar-refractivity contribution in [3.05, 3.63) is 51.2 Å². The SMILES string of the molecule is Cc1ccc(C(=O)N2CCCC(c3nn(C)c(=O)n3C(C)C)C2)cc1C. The zero-order chi connectivity index (χ0) is 19.0. The number of hydrogen-bond acceptors (Lipinski definition) is 3. The van der Waals surface area contributed by atoms with Crippen molar-refractivity contribution in [2.45, 2.75) is 52.5 Å². The lowest BCUT2D eigenvalue weighted by Gasteiger charge is -2.32. The molecule has 0 aliphatic carbocycles. The van der Waals surface area contributed by atoms with Crippen LogP contribution in [0.2, 0.25) is 0 Å². The molecule has 0 N–H and O–H groups in total. The number of rotatable bonds is 3. The van der Waals surface area contributed by atoms with E-state index in [1.807, 2.05) is 50.8 Å². The molecule has 1 aliphatic heterocycles. The number of aryl methyl sites for hydroxylation is 3. The molecule has 0 saturated carbocycles. The third kappa shape index (κ3) is 3.32. The Morgan fingerprint density at radius 2 is 1.96 bits per heavy atom. The highest BCUT2D eigenvalue weighted by atomic mass is 16.2. The highest BCUT2D eigenvalue weighted by Gasteiger charge is 2.30. The van der Waals surface area contributed by atoms with Gasteiger partial charge in [0.1, 0.15) is 5.82 Å². The maximum Gasteiger partial charge on any atom is 0.345 e. The summed E-state index contributed by atoms with van der Waals surface area (Å²) >= 11 is 0. The average Bonchev–Trinajstić information content (AvgIpc) is 2.92. The van der Waals surface area contributed by atoms with Gasteiger partial charge in [-0.1, -0.05) is 6.07 Å². The van der Waals surface area contributed by atoms with Crippen molar-refractivity contribution in [1.82, 2.24) is 19.2 Å². The highest BCUT2D eigenvalue weighted by molar-refractivity contribution is 5.94. The van der Waals surface area contributed by atoms with E-state index in [9.17, 15) is 9.59 Å². The lowest BCUT2D eigenvalue weighted by molar-refractivity contribution is 0.0702. The van der Waals surface area contributed by atoms with E-state index in [2.05, 4.69) is 5.10 Å². The van der Waals surface area contributed by atoms with Gasteiger partial charge in [0.25, 0.3) is 5.91 Å². The van der Waals surface area contributed by atoms with E-state index in [0.717, 1.165) is 36.3 Å². The van der Waals surface area contributed by atoms with Crippen LogP contribution in [0.25, 0.3) is 0 Å². The van der Waals surface area contributed by atoms with Gasteiger partial charge in [0.15, 0.2) is 0 Å². The Bertz CT molecular complexity index is 878. The van der Waals surface area contributed by atoms with Gasteiger partial charge in [0.2, 0.25) is 0 Å². The second-order valence-electron chi connectivity index (χ2n) is 7.62. The number of likely N-dealkylation sites (tertiary alicyclic amines) is 1. The van der Waals surface area contributed by atoms with Crippen LogP contribution in [0.5, 0.6) is 0 Å². The number of benzene rings is 1. The quantitative estimate of drug-likeness (QED) is 0.850. The molecule has 1 aliphatic rings. The molecular weight excluding hydrogens is 328 g/mol. The van der Waals surface area contributed by atoms with Crippen molar-refractivity contribution in [2.24, 2.45) is 7.05 Å². The first-order valence-corrected chi connectivity index (χ1v) is 9.31. The molecule has 1 amide bonds. The van der Waals surface area contributed by atoms with E-state index >= 15 is 0 Å². The molecule has 0 radical (unpaired) electrons. The molecule has 3 rings (SSSR count). The van der Waals surface area contributed by atoms with Gasteiger partial charge in [-0.15, -0.1) is 0 Å². The molecule has 6 nitrogen and oxygen atoms in total. The Balaban J connectivity index is 1.86. The Kier molecular flexibility index (Phi) is 5.03. The molecule has 1 aromatic carbocycles. The predicted octanol–water partition coefficient (Wildman–Crippen LogP) is 2.80. The highest BCUT2D eigenvalue weighted by Crippen LogP contribution is 2.27. The largest absolute Gasteiger partial charge is 0.345 e. The molecule has 140 valence electrons. The molecule has 1 fully saturated rings. The van der Waals surface area contributed by atoms with Gasteiger partial charge < -0.3 is 4.90 Å². The third-order valence-electron chi connectivity index (χ3n) is 5.33. The first-order chi connectivity index (χ1) is 12.3. The fraction of sp³-hybridized carbons (Fsp3) is 0.550. The molecular formula is C20H28N4O2. The van der Waals surface area contributed by atoms with E-state index < -0.39 is 0 Å². The van der Waals surface area contributed by atoms with Crippen LogP contribution in [0.1, 0.15) is 66.0 Å². The van der Waals surface area contributed by atoms with Gasteiger partial charge in [0.05, 0.1) is 0 Å². The van der Waals surface area contributed by atoms with Crippen LogP contribution in [0, 0.1) is 13.8 Å². The van der Waals surface area contributed by atoms with Crippen molar-refractivity contribution in [2.75, 3.05) is 13.1 Å². The number of nitrogens with zero attached hydrogens (tertiary/aromatic N) is 4. The van der Waals surface area contributed by atoms with Crippen LogP contribution in [0.3, 0.4) is 0 Å². The fourth-order valence-corrected chi connectivity index (χ4v) is 3.69. The van der Waals surface area contributed by atoms with Gasteiger partial charge in [0, 0.05) is 37.7 Å². The Morgan fingerprint density at radius 3 is 2.62 bits per heavy atom. The summed E-state index contributed by atoms with van der Waals surface area (Å²) in [5.41, 5.74) is 2.96. The van der Waals surface area contributed by atoms with Crippen LogP contribution in [-0.2, 0) is 7.05 Å². The summed E-state index contributed by atoms with van der Waals surface area (Å²) in [7, 11) is 1.69. The molecule has 1 atom stereocenters. The number of amides is 1. The van der Waals surface area contributed by atoms with Crippen LogP contribution < -0.4 is 5.69 Å². The monoisotopic (exact) mass is 356 g/mol. The zero-order valence-electron chi connectivity index (χ0n) is 16.3. The minimum atomic E-state index is -0.0902. The third-order valence-corrected chi connectivity index (χ3v) is 5.33. The Hall–Kier alpha value is -2.37. The van der Waals surface area contributed by atoms with Gasteiger partial charge in [-0.2, -0.15) is 5.10 Å². The van der Waals surface area contributed by atoms with Crippen LogP contribution in [0.15, 0.2) is 23.0 Å². The van der Waals surface area contributed by atoms with Crippen molar-refractivity contribution in [3.63, 3.8) is 0 Å². The van der Waals surface area contributed by atoms with E-state index in [-0.39, 0.29) is 23.6 Å². The van der Waals surface area contributed by atoms with E-state index in [0.29, 0.717) is 6.54 Å². The zero-order valence-corrected chi connectivity index (χ0v) is 16.3. The number of hydrogen-bond donors (Lipinski definition) is 0. The summed E-state index contributed by atoms with van der Waals surface area (Å²) in [5.74, 6) is 0.952. The average molecular weight is 356 g/mol. The number of aromatic nitrogens is 3. The van der Waals surface area contributed by atoms with Crippen molar-refractivity contribution >= 4 is 5.91 Å². The molecule has 1 aromatic heterocycles. The molecule has 0 bridgehead atoms. The number of carbonyl (C=O) groups excluding carboxylic acids is 1. The second-order valence-corrected chi connectivity index (χ2v) is 7.62. The van der Waals surface area contributed by atoms with E-state index in [4.69, 9.17) is 0 Å². The predicted molar refractivity (Wildman–Crippen MR) is 102 cm³/mol. The summed E-state index contributed by atoms with van der Waals surface area (Å²) in [4.78, 5) is 27.2. The summed E-state index contributed by atoms with van der Waals surface area (Å²) in [6.07, 6.45) is 1.87. The number of piperidine rings is 1. The molecule has 0 spiro atoms. The summed E-state index contributed by atoms with van der Waals surface area (Å²) in [6, 6.07) is 5.92. The first kappa shape index (κ1) is 18.4. The number of carbonyl (C=O) groups is 1. The van der Waals surface area contributed by atoms with E-state index in [1.165, 1.54) is 10.2 Å².